The number of hydrogen-bond donors (Lipinski definition) is 2. The highest BCUT2D eigenvalue weighted by Crippen LogP contribution is 2.37. The predicted octanol–water partition coefficient (Wildman–Crippen LogP) is 3.74. The van der Waals surface area contributed by atoms with E-state index >= 15 is 0 Å². The first-order valence-electron chi connectivity index (χ1n) is 6.96. The number of nitrogens with zero attached hydrogens (tertiary/aromatic N) is 1. The molecule has 20 heavy (non-hydrogen) atoms. The Hall–Kier alpha value is -1.62. The van der Waals surface area contributed by atoms with Gasteiger partial charge < -0.3 is 10.4 Å². The maximum absolute atomic E-state index is 11.8. The molecule has 2 atom stereocenters. The average Bonchev–Trinajstić information content (AvgIpc) is 2.80. The third-order valence-electron chi connectivity index (χ3n) is 4.05. The van der Waals surface area contributed by atoms with Crippen molar-refractivity contribution in [1.82, 2.24) is 4.98 Å². The third kappa shape index (κ3) is 2.38. The first-order chi connectivity index (χ1) is 9.59. The van der Waals surface area contributed by atoms with E-state index in [1.54, 1.807) is 0 Å². The lowest BCUT2D eigenvalue weighted by Gasteiger charge is -2.36. The molecule has 1 aromatic carbocycles. The van der Waals surface area contributed by atoms with Crippen LogP contribution in [0.25, 0.3) is 10.2 Å². The molecule has 1 heterocycles. The number of thiazole rings is 1. The second kappa shape index (κ2) is 5.05. The summed E-state index contributed by atoms with van der Waals surface area (Å²) in [7, 11) is 0. The lowest BCUT2D eigenvalue weighted by molar-refractivity contribution is -0.144. The van der Waals surface area contributed by atoms with Crippen LogP contribution in [0.1, 0.15) is 32.6 Å². The van der Waals surface area contributed by atoms with Crippen molar-refractivity contribution in [3.05, 3.63) is 24.3 Å². The van der Waals surface area contributed by atoms with Gasteiger partial charge in [-0.2, -0.15) is 0 Å². The molecule has 1 aliphatic carbocycles. The Kier molecular flexibility index (Phi) is 3.38. The zero-order valence-electron chi connectivity index (χ0n) is 11.4. The van der Waals surface area contributed by atoms with Crippen molar-refractivity contribution in [3.63, 3.8) is 0 Å². The molecule has 1 aliphatic rings. The molecule has 2 unspecified atom stereocenters. The van der Waals surface area contributed by atoms with Crippen molar-refractivity contribution in [3.8, 4) is 0 Å². The first-order valence-corrected chi connectivity index (χ1v) is 7.78. The van der Waals surface area contributed by atoms with Gasteiger partial charge in [-0.1, -0.05) is 43.2 Å². The van der Waals surface area contributed by atoms with Crippen LogP contribution in [0.3, 0.4) is 0 Å². The Morgan fingerprint density at radius 3 is 3.00 bits per heavy atom. The number of benzene rings is 1. The zero-order valence-corrected chi connectivity index (χ0v) is 12.2. The molecule has 0 spiro atoms. The SMILES string of the molecule is CC1CCCC(Nc2nc3ccccc3s2)(C(=O)O)C1. The van der Waals surface area contributed by atoms with Gasteiger partial charge in [0.25, 0.3) is 0 Å². The molecule has 0 amide bonds. The van der Waals surface area contributed by atoms with Crippen LogP contribution in [0.4, 0.5) is 5.13 Å². The number of anilines is 1. The number of carboxylic acid groups (broad SMARTS) is 1. The zero-order chi connectivity index (χ0) is 14.2. The number of carbonyl (C=O) groups is 1. The number of rotatable bonds is 3. The van der Waals surface area contributed by atoms with Crippen molar-refractivity contribution in [2.45, 2.75) is 38.1 Å². The fourth-order valence-corrected chi connectivity index (χ4v) is 4.01. The minimum absolute atomic E-state index is 0.432. The molecular formula is C15H18N2O2S. The van der Waals surface area contributed by atoms with Gasteiger partial charge in [0.15, 0.2) is 5.13 Å². The largest absolute Gasteiger partial charge is 0.480 e. The molecule has 1 aromatic heterocycles. The number of fused-ring (bicyclic) bond motifs is 1. The van der Waals surface area contributed by atoms with E-state index < -0.39 is 11.5 Å². The Morgan fingerprint density at radius 2 is 2.30 bits per heavy atom. The van der Waals surface area contributed by atoms with Crippen molar-refractivity contribution in [2.75, 3.05) is 5.32 Å². The molecule has 0 aliphatic heterocycles. The summed E-state index contributed by atoms with van der Waals surface area (Å²) in [6.07, 6.45) is 3.39. The lowest BCUT2D eigenvalue weighted by atomic mass is 9.76. The van der Waals surface area contributed by atoms with Gasteiger partial charge in [-0.05, 0) is 30.9 Å². The van der Waals surface area contributed by atoms with Crippen molar-refractivity contribution in [1.29, 1.82) is 0 Å². The average molecular weight is 290 g/mol. The van der Waals surface area contributed by atoms with Crippen molar-refractivity contribution >= 4 is 32.7 Å². The van der Waals surface area contributed by atoms with Crippen LogP contribution in [0, 0.1) is 5.92 Å². The molecule has 4 nitrogen and oxygen atoms in total. The second-order valence-corrected chi connectivity index (χ2v) is 6.73. The summed E-state index contributed by atoms with van der Waals surface area (Å²) in [6.45, 7) is 2.12. The van der Waals surface area contributed by atoms with Gasteiger partial charge >= 0.3 is 5.97 Å². The van der Waals surface area contributed by atoms with E-state index in [2.05, 4.69) is 17.2 Å². The van der Waals surface area contributed by atoms with Gasteiger partial charge in [0, 0.05) is 0 Å². The summed E-state index contributed by atoms with van der Waals surface area (Å²) in [4.78, 5) is 16.3. The monoisotopic (exact) mass is 290 g/mol. The van der Waals surface area contributed by atoms with Gasteiger partial charge in [0.2, 0.25) is 0 Å². The molecule has 1 saturated carbocycles. The fourth-order valence-electron chi connectivity index (χ4n) is 3.04. The van der Waals surface area contributed by atoms with Crippen molar-refractivity contribution < 1.29 is 9.90 Å². The smallest absolute Gasteiger partial charge is 0.329 e. The van der Waals surface area contributed by atoms with Crippen LogP contribution in [0.5, 0.6) is 0 Å². The minimum Gasteiger partial charge on any atom is -0.480 e. The molecule has 0 bridgehead atoms. The summed E-state index contributed by atoms with van der Waals surface area (Å²) in [5.41, 5.74) is 0.0651. The first kappa shape index (κ1) is 13.4. The van der Waals surface area contributed by atoms with Gasteiger partial charge in [0.05, 0.1) is 10.2 Å². The molecule has 106 valence electrons. The van der Waals surface area contributed by atoms with E-state index in [4.69, 9.17) is 0 Å². The maximum Gasteiger partial charge on any atom is 0.329 e. The molecule has 5 heteroatoms. The molecule has 2 aromatic rings. The standard InChI is InChI=1S/C15H18N2O2S/c1-10-5-4-8-15(9-10,13(18)19)17-14-16-11-6-2-3-7-12(11)20-14/h2-3,6-7,10H,4-5,8-9H2,1H3,(H,16,17)(H,18,19). The van der Waals surface area contributed by atoms with Crippen LogP contribution in [-0.4, -0.2) is 21.6 Å². The van der Waals surface area contributed by atoms with Crippen LogP contribution in [-0.2, 0) is 4.79 Å². The number of carboxylic acids is 1. The van der Waals surface area contributed by atoms with E-state index in [0.717, 1.165) is 23.1 Å². The molecule has 2 N–H and O–H groups in total. The fraction of sp³-hybridized carbons (Fsp3) is 0.467. The minimum atomic E-state index is -0.856. The molecule has 1 fully saturated rings. The summed E-state index contributed by atoms with van der Waals surface area (Å²) in [5, 5.41) is 13.6. The number of nitrogens with one attached hydrogen (secondary N) is 1. The van der Waals surface area contributed by atoms with E-state index in [9.17, 15) is 9.90 Å². The molecule has 3 rings (SSSR count). The second-order valence-electron chi connectivity index (χ2n) is 5.70. The quantitative estimate of drug-likeness (QED) is 0.904. The van der Waals surface area contributed by atoms with E-state index in [-0.39, 0.29) is 0 Å². The Bertz CT molecular complexity index is 607. The number of hydrogen-bond acceptors (Lipinski definition) is 4. The Morgan fingerprint density at radius 1 is 1.50 bits per heavy atom. The van der Waals surface area contributed by atoms with E-state index in [1.807, 2.05) is 24.3 Å². The van der Waals surface area contributed by atoms with Gasteiger partial charge in [-0.3, -0.25) is 0 Å². The van der Waals surface area contributed by atoms with Crippen molar-refractivity contribution in [2.24, 2.45) is 5.92 Å². The Labute approximate surface area is 121 Å². The molecule has 0 saturated heterocycles. The molecule has 0 radical (unpaired) electrons. The summed E-state index contributed by atoms with van der Waals surface area (Å²) in [6, 6.07) is 7.88. The summed E-state index contributed by atoms with van der Waals surface area (Å²) in [5.74, 6) is -0.329. The van der Waals surface area contributed by atoms with Crippen LogP contribution in [0.2, 0.25) is 0 Å². The number of para-hydroxylation sites is 1. The normalized spacial score (nSPS) is 26.6. The number of aromatic nitrogens is 1. The van der Waals surface area contributed by atoms with Crippen LogP contribution >= 0.6 is 11.3 Å². The third-order valence-corrected chi connectivity index (χ3v) is 5.00. The van der Waals surface area contributed by atoms with E-state index in [1.165, 1.54) is 11.3 Å². The van der Waals surface area contributed by atoms with Crippen LogP contribution in [0.15, 0.2) is 24.3 Å². The van der Waals surface area contributed by atoms with Gasteiger partial charge in [0.1, 0.15) is 5.54 Å². The Balaban J connectivity index is 1.91. The highest BCUT2D eigenvalue weighted by molar-refractivity contribution is 7.22. The predicted molar refractivity (Wildman–Crippen MR) is 81.2 cm³/mol. The lowest BCUT2D eigenvalue weighted by Crippen LogP contribution is -2.49. The topological polar surface area (TPSA) is 62.2 Å². The summed E-state index contributed by atoms with van der Waals surface area (Å²) < 4.78 is 1.08. The van der Waals surface area contributed by atoms with E-state index in [0.29, 0.717) is 23.9 Å². The number of aliphatic carboxylic acids is 1. The highest BCUT2D eigenvalue weighted by atomic mass is 32.1. The van der Waals surface area contributed by atoms with Gasteiger partial charge in [-0.15, -0.1) is 0 Å². The molecular weight excluding hydrogens is 272 g/mol. The van der Waals surface area contributed by atoms with Gasteiger partial charge in [-0.25, -0.2) is 9.78 Å². The maximum atomic E-state index is 11.8. The highest BCUT2D eigenvalue weighted by Gasteiger charge is 2.42. The summed E-state index contributed by atoms with van der Waals surface area (Å²) >= 11 is 1.52. The van der Waals surface area contributed by atoms with Crippen LogP contribution < -0.4 is 5.32 Å².